The average Bonchev–Trinajstić information content (AvgIpc) is 2.15. The van der Waals surface area contributed by atoms with Crippen LogP contribution in [0.25, 0.3) is 0 Å². The molecule has 0 amide bonds. The summed E-state index contributed by atoms with van der Waals surface area (Å²) in [7, 11) is 0. The van der Waals surface area contributed by atoms with Crippen LogP contribution in [0.4, 0.5) is 4.39 Å². The van der Waals surface area contributed by atoms with Crippen molar-refractivity contribution in [2.24, 2.45) is 0 Å². The number of halogens is 1. The van der Waals surface area contributed by atoms with Crippen LogP contribution in [0.5, 0.6) is 0 Å². The predicted molar refractivity (Wildman–Crippen MR) is 65.2 cm³/mol. The molecule has 1 aliphatic rings. The Morgan fingerprint density at radius 3 is 2.62 bits per heavy atom. The van der Waals surface area contributed by atoms with Crippen molar-refractivity contribution in [3.63, 3.8) is 0 Å². The van der Waals surface area contributed by atoms with Crippen molar-refractivity contribution in [2.75, 3.05) is 6.54 Å². The van der Waals surface area contributed by atoms with Crippen LogP contribution >= 0.6 is 0 Å². The lowest BCUT2D eigenvalue weighted by Crippen LogP contribution is -2.43. The standard InChI is InChI=1S/C14H20FN/c1-9(2)11-7-10-5-6-16-14(3,4)13(10)12(15)8-11/h7-9,16H,5-6H2,1-4H3. The molecule has 0 aliphatic carbocycles. The highest BCUT2D eigenvalue weighted by Gasteiger charge is 2.30. The predicted octanol–water partition coefficient (Wildman–Crippen LogP) is 3.33. The van der Waals surface area contributed by atoms with Gasteiger partial charge in [-0.3, -0.25) is 0 Å². The molecule has 0 radical (unpaired) electrons. The summed E-state index contributed by atoms with van der Waals surface area (Å²) in [6.07, 6.45) is 0.927. The Morgan fingerprint density at radius 2 is 2.00 bits per heavy atom. The van der Waals surface area contributed by atoms with Gasteiger partial charge >= 0.3 is 0 Å². The molecule has 0 saturated heterocycles. The van der Waals surface area contributed by atoms with Crippen LogP contribution in [0.3, 0.4) is 0 Å². The molecular formula is C14H20FN. The van der Waals surface area contributed by atoms with E-state index in [-0.39, 0.29) is 11.4 Å². The molecule has 16 heavy (non-hydrogen) atoms. The molecule has 88 valence electrons. The van der Waals surface area contributed by atoms with Crippen LogP contribution < -0.4 is 5.32 Å². The molecule has 0 unspecified atom stereocenters. The number of hydrogen-bond donors (Lipinski definition) is 1. The van der Waals surface area contributed by atoms with Gasteiger partial charge in [0.2, 0.25) is 0 Å². The summed E-state index contributed by atoms with van der Waals surface area (Å²) in [4.78, 5) is 0. The van der Waals surface area contributed by atoms with Gasteiger partial charge < -0.3 is 5.32 Å². The maximum Gasteiger partial charge on any atom is 0.128 e. The highest BCUT2D eigenvalue weighted by molar-refractivity contribution is 5.40. The lowest BCUT2D eigenvalue weighted by Gasteiger charge is -2.34. The first-order valence-corrected chi connectivity index (χ1v) is 5.99. The second-order valence-electron chi connectivity index (χ2n) is 5.49. The van der Waals surface area contributed by atoms with Crippen LogP contribution in [-0.2, 0) is 12.0 Å². The Hall–Kier alpha value is -0.890. The highest BCUT2D eigenvalue weighted by atomic mass is 19.1. The van der Waals surface area contributed by atoms with Crippen molar-refractivity contribution in [1.29, 1.82) is 0 Å². The van der Waals surface area contributed by atoms with Crippen LogP contribution in [0.2, 0.25) is 0 Å². The zero-order chi connectivity index (χ0) is 11.9. The molecule has 0 saturated carbocycles. The molecule has 1 aliphatic heterocycles. The van der Waals surface area contributed by atoms with E-state index in [1.807, 2.05) is 13.8 Å². The fourth-order valence-corrected chi connectivity index (χ4v) is 2.52. The van der Waals surface area contributed by atoms with Gasteiger partial charge in [-0.1, -0.05) is 19.9 Å². The summed E-state index contributed by atoms with van der Waals surface area (Å²) in [6.45, 7) is 9.23. The number of nitrogens with one attached hydrogen (secondary N) is 1. The molecule has 1 aromatic rings. The van der Waals surface area contributed by atoms with E-state index in [4.69, 9.17) is 0 Å². The van der Waals surface area contributed by atoms with Gasteiger partial charge in [-0.15, -0.1) is 0 Å². The van der Waals surface area contributed by atoms with Gasteiger partial charge in [0.25, 0.3) is 0 Å². The lowest BCUT2D eigenvalue weighted by molar-refractivity contribution is 0.363. The number of fused-ring (bicyclic) bond motifs is 1. The number of benzene rings is 1. The first-order chi connectivity index (χ1) is 7.42. The van der Waals surface area contributed by atoms with Crippen LogP contribution in [0, 0.1) is 5.82 Å². The molecule has 2 rings (SSSR count). The first kappa shape index (κ1) is 11.6. The van der Waals surface area contributed by atoms with Crippen molar-refractivity contribution in [2.45, 2.75) is 45.6 Å². The van der Waals surface area contributed by atoms with E-state index in [0.29, 0.717) is 5.92 Å². The summed E-state index contributed by atoms with van der Waals surface area (Å²) in [5.74, 6) is 0.330. The van der Waals surface area contributed by atoms with Gasteiger partial charge in [0.15, 0.2) is 0 Å². The fourth-order valence-electron chi connectivity index (χ4n) is 2.52. The Labute approximate surface area is 97.1 Å². The summed E-state index contributed by atoms with van der Waals surface area (Å²) in [5, 5.41) is 3.36. The molecule has 2 heteroatoms. The maximum absolute atomic E-state index is 14.1. The third-order valence-electron chi connectivity index (χ3n) is 3.45. The topological polar surface area (TPSA) is 12.0 Å². The van der Waals surface area contributed by atoms with Gasteiger partial charge in [0.05, 0.1) is 0 Å². The minimum atomic E-state index is -0.243. The van der Waals surface area contributed by atoms with Gasteiger partial charge in [-0.2, -0.15) is 0 Å². The highest BCUT2D eigenvalue weighted by Crippen LogP contribution is 2.32. The van der Waals surface area contributed by atoms with E-state index >= 15 is 0 Å². The second kappa shape index (κ2) is 3.85. The third kappa shape index (κ3) is 1.86. The van der Waals surface area contributed by atoms with Crippen LogP contribution in [0.1, 0.15) is 50.3 Å². The van der Waals surface area contributed by atoms with E-state index in [2.05, 4.69) is 25.2 Å². The molecule has 1 N–H and O–H groups in total. The summed E-state index contributed by atoms with van der Waals surface area (Å²) >= 11 is 0. The molecule has 0 fully saturated rings. The zero-order valence-corrected chi connectivity index (χ0v) is 10.5. The molecule has 1 nitrogen and oxygen atoms in total. The Morgan fingerprint density at radius 1 is 1.31 bits per heavy atom. The monoisotopic (exact) mass is 221 g/mol. The van der Waals surface area contributed by atoms with Crippen LogP contribution in [-0.4, -0.2) is 6.54 Å². The molecule has 0 aromatic heterocycles. The Kier molecular flexibility index (Phi) is 2.79. The van der Waals surface area contributed by atoms with Crippen molar-refractivity contribution in [3.05, 3.63) is 34.6 Å². The van der Waals surface area contributed by atoms with Crippen molar-refractivity contribution >= 4 is 0 Å². The largest absolute Gasteiger partial charge is 0.307 e. The molecule has 0 spiro atoms. The first-order valence-electron chi connectivity index (χ1n) is 5.99. The Bertz CT molecular complexity index is 407. The molecule has 0 bridgehead atoms. The normalized spacial score (nSPS) is 18.6. The third-order valence-corrected chi connectivity index (χ3v) is 3.45. The molecule has 1 aromatic carbocycles. The van der Waals surface area contributed by atoms with Crippen molar-refractivity contribution < 1.29 is 4.39 Å². The Balaban J connectivity index is 2.57. The van der Waals surface area contributed by atoms with Crippen LogP contribution in [0.15, 0.2) is 12.1 Å². The number of rotatable bonds is 1. The van der Waals surface area contributed by atoms with E-state index in [9.17, 15) is 4.39 Å². The van der Waals surface area contributed by atoms with Gasteiger partial charge in [0, 0.05) is 11.1 Å². The van der Waals surface area contributed by atoms with E-state index in [1.54, 1.807) is 6.07 Å². The quantitative estimate of drug-likeness (QED) is 0.767. The molecule has 0 atom stereocenters. The van der Waals surface area contributed by atoms with E-state index in [1.165, 1.54) is 5.56 Å². The number of hydrogen-bond acceptors (Lipinski definition) is 1. The average molecular weight is 221 g/mol. The smallest absolute Gasteiger partial charge is 0.128 e. The molecule has 1 heterocycles. The van der Waals surface area contributed by atoms with Gasteiger partial charge in [0.1, 0.15) is 5.82 Å². The fraction of sp³-hybridized carbons (Fsp3) is 0.571. The second-order valence-corrected chi connectivity index (χ2v) is 5.49. The SMILES string of the molecule is CC(C)c1cc(F)c2c(c1)CCNC2(C)C. The molecular weight excluding hydrogens is 201 g/mol. The summed E-state index contributed by atoms with van der Waals surface area (Å²) < 4.78 is 14.1. The maximum atomic E-state index is 14.1. The minimum Gasteiger partial charge on any atom is -0.307 e. The van der Waals surface area contributed by atoms with Crippen molar-refractivity contribution in [1.82, 2.24) is 5.32 Å². The van der Waals surface area contributed by atoms with E-state index in [0.717, 1.165) is 24.1 Å². The minimum absolute atomic E-state index is 0.0570. The summed E-state index contributed by atoms with van der Waals surface area (Å²) in [6, 6.07) is 3.86. The van der Waals surface area contributed by atoms with E-state index < -0.39 is 0 Å². The summed E-state index contributed by atoms with van der Waals surface area (Å²) in [5.41, 5.74) is 2.89. The lowest BCUT2D eigenvalue weighted by atomic mass is 9.83. The van der Waals surface area contributed by atoms with Gasteiger partial charge in [-0.05, 0) is 49.9 Å². The van der Waals surface area contributed by atoms with Gasteiger partial charge in [-0.25, -0.2) is 4.39 Å². The van der Waals surface area contributed by atoms with Crippen molar-refractivity contribution in [3.8, 4) is 0 Å². The zero-order valence-electron chi connectivity index (χ0n) is 10.5.